The zero-order valence-corrected chi connectivity index (χ0v) is 20.4. The fraction of sp³-hybridized carbons (Fsp3) is 0.667. The predicted molar refractivity (Wildman–Crippen MR) is 116 cm³/mol. The maximum absolute atomic E-state index is 12.7. The molecule has 0 aromatic carbocycles. The van der Waals surface area contributed by atoms with E-state index in [9.17, 15) is 19.2 Å². The summed E-state index contributed by atoms with van der Waals surface area (Å²) in [7, 11) is 0. The highest BCUT2D eigenvalue weighted by molar-refractivity contribution is 5.73. The Labute approximate surface area is 198 Å². The smallest absolute Gasteiger partial charge is 0.312 e. The van der Waals surface area contributed by atoms with E-state index in [4.69, 9.17) is 28.4 Å². The van der Waals surface area contributed by atoms with E-state index >= 15 is 0 Å². The van der Waals surface area contributed by atoms with Crippen LogP contribution in [0.5, 0.6) is 0 Å². The van der Waals surface area contributed by atoms with Gasteiger partial charge < -0.3 is 28.4 Å². The summed E-state index contributed by atoms with van der Waals surface area (Å²) >= 11 is 0. The van der Waals surface area contributed by atoms with Crippen molar-refractivity contribution in [1.29, 1.82) is 0 Å². The van der Waals surface area contributed by atoms with Crippen molar-refractivity contribution in [2.75, 3.05) is 13.2 Å². The van der Waals surface area contributed by atoms with Crippen molar-refractivity contribution in [1.82, 2.24) is 0 Å². The lowest BCUT2D eigenvalue weighted by Gasteiger charge is -2.34. The lowest BCUT2D eigenvalue weighted by atomic mass is 9.85. The van der Waals surface area contributed by atoms with Crippen molar-refractivity contribution in [2.24, 2.45) is 11.8 Å². The third kappa shape index (κ3) is 5.97. The van der Waals surface area contributed by atoms with Gasteiger partial charge in [-0.3, -0.25) is 19.2 Å². The summed E-state index contributed by atoms with van der Waals surface area (Å²) in [6.07, 6.45) is 1.40. The van der Waals surface area contributed by atoms with Gasteiger partial charge in [-0.1, -0.05) is 13.8 Å². The first-order chi connectivity index (χ1) is 15.8. The van der Waals surface area contributed by atoms with Crippen molar-refractivity contribution in [3.63, 3.8) is 0 Å². The second-order valence-corrected chi connectivity index (χ2v) is 9.80. The molecular weight excluding hydrogens is 448 g/mol. The molecule has 0 aromatic rings. The first kappa shape index (κ1) is 25.7. The van der Waals surface area contributed by atoms with E-state index in [-0.39, 0.29) is 37.9 Å². The molecule has 1 aliphatic carbocycles. The first-order valence-electron chi connectivity index (χ1n) is 11.3. The van der Waals surface area contributed by atoms with Crippen molar-refractivity contribution in [3.8, 4) is 0 Å². The molecule has 4 atom stereocenters. The highest BCUT2D eigenvalue weighted by Gasteiger charge is 2.68. The molecule has 34 heavy (non-hydrogen) atoms. The molecule has 1 fully saturated rings. The molecule has 0 amide bonds. The van der Waals surface area contributed by atoms with Crippen LogP contribution < -0.4 is 0 Å². The second kappa shape index (κ2) is 9.77. The largest absolute Gasteiger partial charge is 0.461 e. The average Bonchev–Trinajstić information content (AvgIpc) is 3.39. The van der Waals surface area contributed by atoms with E-state index in [2.05, 4.69) is 0 Å². The van der Waals surface area contributed by atoms with Gasteiger partial charge in [-0.2, -0.15) is 0 Å². The maximum atomic E-state index is 12.7. The molecule has 3 rings (SSSR count). The van der Waals surface area contributed by atoms with E-state index in [0.29, 0.717) is 11.1 Å². The minimum Gasteiger partial charge on any atom is -0.461 e. The molecule has 2 heterocycles. The standard InChI is InChI=1S/C24H32O10/c1-13(2)7-19(27)32-18-8-17-16(10-29-14(3)25)11-30-22(21(17)24(18)12-31-24)33-20(28)9-23(5,6)34-15(4)26/h8,11,13,18,21-22H,7,9-10,12H2,1-6H3/t18-,21-,22-,24-/m1/s1. The lowest BCUT2D eigenvalue weighted by Crippen LogP contribution is -2.45. The Balaban J connectivity index is 1.81. The average molecular weight is 481 g/mol. The summed E-state index contributed by atoms with van der Waals surface area (Å²) in [6, 6.07) is 0. The SMILES string of the molecule is CC(=O)OCC1=CO[C@H](OC(=O)CC(C)(C)OC(C)=O)[C@H]2C1=C[C@@H](OC(=O)CC(C)C)[C@]21CO1. The van der Waals surface area contributed by atoms with Gasteiger partial charge in [0.05, 0.1) is 25.2 Å². The molecule has 2 aliphatic heterocycles. The summed E-state index contributed by atoms with van der Waals surface area (Å²) in [6.45, 7) is 9.81. The lowest BCUT2D eigenvalue weighted by molar-refractivity contribution is -0.190. The van der Waals surface area contributed by atoms with Gasteiger partial charge in [0.15, 0.2) is 6.10 Å². The summed E-state index contributed by atoms with van der Waals surface area (Å²) in [5.41, 5.74) is -0.770. The van der Waals surface area contributed by atoms with E-state index in [1.54, 1.807) is 19.9 Å². The molecule has 1 saturated heterocycles. The monoisotopic (exact) mass is 480 g/mol. The van der Waals surface area contributed by atoms with E-state index in [0.717, 1.165) is 0 Å². The number of esters is 4. The van der Waals surface area contributed by atoms with Crippen LogP contribution in [0.4, 0.5) is 0 Å². The molecule has 0 aromatic heterocycles. The zero-order chi connectivity index (χ0) is 25.3. The Morgan fingerprint density at radius 2 is 1.79 bits per heavy atom. The van der Waals surface area contributed by atoms with Crippen molar-refractivity contribution >= 4 is 23.9 Å². The van der Waals surface area contributed by atoms with E-state index in [1.165, 1.54) is 20.1 Å². The van der Waals surface area contributed by atoms with E-state index < -0.39 is 47.4 Å². The van der Waals surface area contributed by atoms with Crippen LogP contribution >= 0.6 is 0 Å². The highest BCUT2D eigenvalue weighted by atomic mass is 16.7. The second-order valence-electron chi connectivity index (χ2n) is 9.80. The van der Waals surface area contributed by atoms with Crippen molar-refractivity contribution in [2.45, 2.75) is 78.0 Å². The van der Waals surface area contributed by atoms with Crippen LogP contribution in [0, 0.1) is 11.8 Å². The molecule has 10 heteroatoms. The quantitative estimate of drug-likeness (QED) is 0.276. The Kier molecular flexibility index (Phi) is 7.40. The number of fused-ring (bicyclic) bond motifs is 2. The van der Waals surface area contributed by atoms with Gasteiger partial charge >= 0.3 is 23.9 Å². The molecule has 10 nitrogen and oxygen atoms in total. The topological polar surface area (TPSA) is 127 Å². The normalized spacial score (nSPS) is 27.2. The molecule has 0 saturated carbocycles. The van der Waals surface area contributed by atoms with Crippen molar-refractivity contribution in [3.05, 3.63) is 23.5 Å². The molecule has 0 bridgehead atoms. The third-order valence-electron chi connectivity index (χ3n) is 5.64. The summed E-state index contributed by atoms with van der Waals surface area (Å²) in [5.74, 6) is -2.45. The van der Waals surface area contributed by atoms with Crippen LogP contribution in [0.2, 0.25) is 0 Å². The third-order valence-corrected chi connectivity index (χ3v) is 5.64. The summed E-state index contributed by atoms with van der Waals surface area (Å²) in [5, 5.41) is 0. The predicted octanol–water partition coefficient (Wildman–Crippen LogP) is 2.35. The van der Waals surface area contributed by atoms with Gasteiger partial charge in [0.2, 0.25) is 0 Å². The zero-order valence-electron chi connectivity index (χ0n) is 20.4. The van der Waals surface area contributed by atoms with Crippen LogP contribution in [0.15, 0.2) is 23.5 Å². The Hall–Kier alpha value is -2.88. The number of ether oxygens (including phenoxy) is 6. The number of carbonyl (C=O) groups is 4. The van der Waals surface area contributed by atoms with Gasteiger partial charge in [0.25, 0.3) is 6.29 Å². The fourth-order valence-electron chi connectivity index (χ4n) is 4.25. The maximum Gasteiger partial charge on any atom is 0.312 e. The van der Waals surface area contributed by atoms with Gasteiger partial charge in [-0.25, -0.2) is 0 Å². The summed E-state index contributed by atoms with van der Waals surface area (Å²) < 4.78 is 33.1. The minimum atomic E-state index is -1.07. The number of hydrogen-bond donors (Lipinski definition) is 0. The molecular formula is C24H32O10. The van der Waals surface area contributed by atoms with Gasteiger partial charge in [-0.15, -0.1) is 0 Å². The first-order valence-corrected chi connectivity index (χ1v) is 11.3. The van der Waals surface area contributed by atoms with Crippen molar-refractivity contribution < 1.29 is 47.6 Å². The van der Waals surface area contributed by atoms with Crippen LogP contribution in [0.1, 0.15) is 54.4 Å². The van der Waals surface area contributed by atoms with E-state index in [1.807, 2.05) is 13.8 Å². The molecule has 1 spiro atoms. The number of rotatable bonds is 9. The van der Waals surface area contributed by atoms with Gasteiger partial charge in [-0.05, 0) is 31.4 Å². The minimum absolute atomic E-state index is 0.0550. The molecule has 3 aliphatic rings. The number of carbonyl (C=O) groups excluding carboxylic acids is 4. The Bertz CT molecular complexity index is 909. The molecule has 0 unspecified atom stereocenters. The van der Waals surface area contributed by atoms with Gasteiger partial charge in [0.1, 0.15) is 17.8 Å². The van der Waals surface area contributed by atoms with Crippen LogP contribution in [0.25, 0.3) is 0 Å². The van der Waals surface area contributed by atoms with Crippen LogP contribution in [0.3, 0.4) is 0 Å². The molecule has 188 valence electrons. The Morgan fingerprint density at radius 1 is 1.12 bits per heavy atom. The van der Waals surface area contributed by atoms with Gasteiger partial charge in [0, 0.05) is 25.8 Å². The number of hydrogen-bond acceptors (Lipinski definition) is 10. The molecule has 0 N–H and O–H groups in total. The molecule has 0 radical (unpaired) electrons. The number of epoxide rings is 1. The highest BCUT2D eigenvalue weighted by Crippen LogP contribution is 2.54. The summed E-state index contributed by atoms with van der Waals surface area (Å²) in [4.78, 5) is 47.7. The van der Waals surface area contributed by atoms with Crippen LogP contribution in [-0.2, 0) is 47.6 Å². The Morgan fingerprint density at radius 3 is 2.35 bits per heavy atom. The van der Waals surface area contributed by atoms with Crippen LogP contribution in [-0.4, -0.2) is 60.7 Å². The fourth-order valence-corrected chi connectivity index (χ4v) is 4.25.